The Balaban J connectivity index is 1.50. The summed E-state index contributed by atoms with van der Waals surface area (Å²) in [4.78, 5) is 14.5. The van der Waals surface area contributed by atoms with Gasteiger partial charge in [0.1, 0.15) is 11.5 Å². The summed E-state index contributed by atoms with van der Waals surface area (Å²) in [6.45, 7) is 2.26. The molecule has 0 saturated heterocycles. The third kappa shape index (κ3) is 3.05. The van der Waals surface area contributed by atoms with Gasteiger partial charge in [0, 0.05) is 25.5 Å². The minimum atomic E-state index is 0.594. The van der Waals surface area contributed by atoms with Crippen LogP contribution in [0.5, 0.6) is 5.88 Å². The van der Waals surface area contributed by atoms with Crippen molar-refractivity contribution >= 4 is 28.1 Å². The number of fused-ring (bicyclic) bond motifs is 4. The first-order valence-corrected chi connectivity index (χ1v) is 10.6. The van der Waals surface area contributed by atoms with Crippen LogP contribution in [0.15, 0.2) is 42.5 Å². The number of rotatable bonds is 5. The normalized spacial score (nSPS) is 15.6. The first-order chi connectivity index (χ1) is 14.7. The number of allylic oxidation sites excluding steroid dienone is 1. The number of methoxy groups -OCH3 is 1. The van der Waals surface area contributed by atoms with Crippen molar-refractivity contribution in [1.82, 2.24) is 19.5 Å². The highest BCUT2D eigenvalue weighted by Crippen LogP contribution is 2.36. The van der Waals surface area contributed by atoms with Crippen LogP contribution in [0.1, 0.15) is 48.3 Å². The van der Waals surface area contributed by atoms with Crippen molar-refractivity contribution in [2.24, 2.45) is 7.05 Å². The van der Waals surface area contributed by atoms with E-state index in [1.54, 1.807) is 7.11 Å². The van der Waals surface area contributed by atoms with Crippen molar-refractivity contribution in [3.05, 3.63) is 65.1 Å². The lowest BCUT2D eigenvalue weighted by molar-refractivity contribution is 0.391. The number of aryl methyl sites for hydroxylation is 3. The van der Waals surface area contributed by atoms with Crippen molar-refractivity contribution < 1.29 is 4.74 Å². The fourth-order valence-electron chi connectivity index (χ4n) is 4.54. The third-order valence-corrected chi connectivity index (χ3v) is 6.24. The number of ether oxygens (including phenoxy) is 1. The van der Waals surface area contributed by atoms with Gasteiger partial charge in [0.15, 0.2) is 0 Å². The fraction of sp³-hybridized carbons (Fsp3) is 0.320. The quantitative estimate of drug-likeness (QED) is 0.462. The largest absolute Gasteiger partial charge is 0.480 e. The molecule has 5 rings (SSSR count). The Kier molecular flexibility index (Phi) is 4.74. The second kappa shape index (κ2) is 7.56. The van der Waals surface area contributed by atoms with Gasteiger partial charge in [-0.15, -0.1) is 0 Å². The maximum Gasteiger partial charge on any atom is 0.235 e. The highest BCUT2D eigenvalue weighted by molar-refractivity contribution is 5.88. The molecule has 0 radical (unpaired) electrons. The van der Waals surface area contributed by atoms with Gasteiger partial charge in [-0.3, -0.25) is 0 Å². The minimum Gasteiger partial charge on any atom is -0.480 e. The summed E-state index contributed by atoms with van der Waals surface area (Å²) in [6.07, 6.45) is 8.33. The molecule has 0 spiro atoms. The zero-order valence-corrected chi connectivity index (χ0v) is 17.7. The third-order valence-electron chi connectivity index (χ3n) is 6.24. The number of para-hydroxylation sites is 2. The maximum absolute atomic E-state index is 5.52. The molecule has 0 fully saturated rings. The summed E-state index contributed by atoms with van der Waals surface area (Å²) < 4.78 is 7.73. The van der Waals surface area contributed by atoms with Crippen LogP contribution in [-0.2, 0) is 19.9 Å². The molecule has 1 unspecified atom stereocenters. The van der Waals surface area contributed by atoms with E-state index in [1.165, 1.54) is 16.6 Å². The number of nitrogens with zero attached hydrogens (tertiary/aromatic N) is 4. The summed E-state index contributed by atoms with van der Waals surface area (Å²) in [5, 5.41) is 0. The molecule has 30 heavy (non-hydrogen) atoms. The molecule has 0 amide bonds. The van der Waals surface area contributed by atoms with Crippen molar-refractivity contribution in [3.63, 3.8) is 0 Å². The zero-order valence-electron chi connectivity index (χ0n) is 17.7. The van der Waals surface area contributed by atoms with Crippen LogP contribution in [0.25, 0.3) is 28.1 Å². The van der Waals surface area contributed by atoms with Crippen molar-refractivity contribution in [2.45, 2.75) is 38.5 Å². The van der Waals surface area contributed by atoms with Gasteiger partial charge in [0.25, 0.3) is 0 Å². The van der Waals surface area contributed by atoms with Gasteiger partial charge in [-0.2, -0.15) is 0 Å². The smallest absolute Gasteiger partial charge is 0.235 e. The highest BCUT2D eigenvalue weighted by Gasteiger charge is 2.20. The number of hydrogen-bond donors (Lipinski definition) is 0. The maximum atomic E-state index is 5.52. The summed E-state index contributed by atoms with van der Waals surface area (Å²) in [6, 6.07) is 12.4. The van der Waals surface area contributed by atoms with Gasteiger partial charge in [0.2, 0.25) is 5.88 Å². The van der Waals surface area contributed by atoms with Crippen molar-refractivity contribution in [3.8, 4) is 5.88 Å². The SMILES string of the molecule is CCC1CC=Cc2c1ccc1c2nc(CCc2nc3ccccc3nc2OC)n1C. The van der Waals surface area contributed by atoms with E-state index in [9.17, 15) is 0 Å². The predicted octanol–water partition coefficient (Wildman–Crippen LogP) is 5.22. The summed E-state index contributed by atoms with van der Waals surface area (Å²) in [7, 11) is 3.75. The molecule has 0 aliphatic heterocycles. The second-order valence-electron chi connectivity index (χ2n) is 7.93. The average molecular weight is 399 g/mol. The van der Waals surface area contributed by atoms with Crippen LogP contribution in [-0.4, -0.2) is 26.6 Å². The van der Waals surface area contributed by atoms with Gasteiger partial charge in [-0.25, -0.2) is 15.0 Å². The molecule has 1 aliphatic carbocycles. The van der Waals surface area contributed by atoms with E-state index in [2.05, 4.69) is 47.8 Å². The van der Waals surface area contributed by atoms with E-state index in [0.29, 0.717) is 11.8 Å². The number of benzene rings is 2. The van der Waals surface area contributed by atoms with Gasteiger partial charge in [-0.1, -0.05) is 37.3 Å². The lowest BCUT2D eigenvalue weighted by Gasteiger charge is -2.20. The van der Waals surface area contributed by atoms with Crippen molar-refractivity contribution in [1.29, 1.82) is 0 Å². The average Bonchev–Trinajstić information content (AvgIpc) is 3.12. The molecule has 2 aromatic heterocycles. The second-order valence-corrected chi connectivity index (χ2v) is 7.93. The molecule has 4 aromatic rings. The fourth-order valence-corrected chi connectivity index (χ4v) is 4.54. The molecule has 0 saturated carbocycles. The molecule has 5 heteroatoms. The Bertz CT molecular complexity index is 1270. The molecule has 0 bridgehead atoms. The molecule has 1 aliphatic rings. The summed E-state index contributed by atoms with van der Waals surface area (Å²) >= 11 is 0. The Labute approximate surface area is 176 Å². The van der Waals surface area contributed by atoms with E-state index >= 15 is 0 Å². The van der Waals surface area contributed by atoms with E-state index in [0.717, 1.165) is 53.8 Å². The molecule has 2 aromatic carbocycles. The first-order valence-electron chi connectivity index (χ1n) is 10.6. The molecule has 0 N–H and O–H groups in total. The van der Waals surface area contributed by atoms with E-state index in [4.69, 9.17) is 14.7 Å². The van der Waals surface area contributed by atoms with Gasteiger partial charge in [0.05, 0.1) is 29.2 Å². The molecular formula is C25H26N4O. The molecule has 2 heterocycles. The van der Waals surface area contributed by atoms with Crippen LogP contribution in [0.4, 0.5) is 0 Å². The standard InChI is InChI=1S/C25H26N4O/c1-4-16-8-7-9-18-17(16)12-14-22-24(18)28-23(29(22)2)15-13-21-25(30-3)27-20-11-6-5-10-19(20)26-21/h5-7,9-12,14,16H,4,8,13,15H2,1-3H3. The molecule has 152 valence electrons. The minimum absolute atomic E-state index is 0.594. The monoisotopic (exact) mass is 398 g/mol. The lowest BCUT2D eigenvalue weighted by atomic mass is 9.85. The van der Waals surface area contributed by atoms with Crippen LogP contribution >= 0.6 is 0 Å². The summed E-state index contributed by atoms with van der Waals surface area (Å²) in [5.74, 6) is 2.25. The van der Waals surface area contributed by atoms with E-state index in [1.807, 2.05) is 24.3 Å². The number of aromatic nitrogens is 4. The molecular weight excluding hydrogens is 372 g/mol. The van der Waals surface area contributed by atoms with Crippen LogP contribution < -0.4 is 4.74 Å². The van der Waals surface area contributed by atoms with Gasteiger partial charge >= 0.3 is 0 Å². The Hall–Kier alpha value is -3.21. The van der Waals surface area contributed by atoms with E-state index < -0.39 is 0 Å². The van der Waals surface area contributed by atoms with Crippen molar-refractivity contribution in [2.75, 3.05) is 7.11 Å². The molecule has 5 nitrogen and oxygen atoms in total. The Morgan fingerprint density at radius 2 is 1.83 bits per heavy atom. The first kappa shape index (κ1) is 18.8. The van der Waals surface area contributed by atoms with Gasteiger partial charge < -0.3 is 9.30 Å². The van der Waals surface area contributed by atoms with Gasteiger partial charge in [-0.05, 0) is 42.5 Å². The van der Waals surface area contributed by atoms with Crippen LogP contribution in [0, 0.1) is 0 Å². The van der Waals surface area contributed by atoms with E-state index in [-0.39, 0.29) is 0 Å². The predicted molar refractivity (Wildman–Crippen MR) is 121 cm³/mol. The number of hydrogen-bond acceptors (Lipinski definition) is 4. The number of imidazole rings is 1. The molecule has 1 atom stereocenters. The summed E-state index contributed by atoms with van der Waals surface area (Å²) in [5.41, 5.74) is 7.62. The zero-order chi connectivity index (χ0) is 20.7. The Morgan fingerprint density at radius 3 is 2.60 bits per heavy atom. The van der Waals surface area contributed by atoms with Crippen LogP contribution in [0.2, 0.25) is 0 Å². The lowest BCUT2D eigenvalue weighted by Crippen LogP contribution is -2.05. The van der Waals surface area contributed by atoms with Crippen LogP contribution in [0.3, 0.4) is 0 Å². The Morgan fingerprint density at radius 1 is 1.03 bits per heavy atom. The topological polar surface area (TPSA) is 52.8 Å². The highest BCUT2D eigenvalue weighted by atomic mass is 16.5.